The molecule has 0 amide bonds. The molecule has 0 aromatic carbocycles. The van der Waals surface area contributed by atoms with E-state index in [0.717, 1.165) is 0 Å². The van der Waals surface area contributed by atoms with Crippen molar-refractivity contribution < 1.29 is 19.3 Å². The first-order valence-corrected chi connectivity index (χ1v) is 5.50. The van der Waals surface area contributed by atoms with Crippen molar-refractivity contribution in [2.75, 3.05) is 0 Å². The molecule has 2 fully saturated rings. The van der Waals surface area contributed by atoms with Gasteiger partial charge in [-0.1, -0.05) is 6.58 Å². The molecule has 2 rings (SSSR count). The zero-order valence-electron chi connectivity index (χ0n) is 9.84. The van der Waals surface area contributed by atoms with Crippen LogP contribution in [0.25, 0.3) is 0 Å². The standard InChI is InChI=1S/C12H18O4/c1-5-6-8-9(13)11-10(7(2)14-8)15-12(3,4)16-11/h6-11,13H,1H2,2-4H3/t7-,8-,9+,10+,11-/m1/s1. The van der Waals surface area contributed by atoms with Crippen molar-refractivity contribution >= 4 is 0 Å². The molecule has 0 radical (unpaired) electrons. The smallest absolute Gasteiger partial charge is 0.164 e. The predicted molar refractivity (Wildman–Crippen MR) is 57.9 cm³/mol. The summed E-state index contributed by atoms with van der Waals surface area (Å²) >= 11 is 0. The van der Waals surface area contributed by atoms with Crippen LogP contribution in [0.4, 0.5) is 0 Å². The van der Waals surface area contributed by atoms with E-state index in [2.05, 4.69) is 12.3 Å². The van der Waals surface area contributed by atoms with E-state index in [4.69, 9.17) is 14.2 Å². The number of aliphatic hydroxyl groups is 1. The van der Waals surface area contributed by atoms with Crippen LogP contribution in [0, 0.1) is 0 Å². The summed E-state index contributed by atoms with van der Waals surface area (Å²) in [7, 11) is 0. The summed E-state index contributed by atoms with van der Waals surface area (Å²) in [6.07, 6.45) is -0.243. The van der Waals surface area contributed by atoms with Crippen molar-refractivity contribution in [1.82, 2.24) is 0 Å². The van der Waals surface area contributed by atoms with Crippen molar-refractivity contribution in [2.24, 2.45) is 0 Å². The number of hydrogen-bond acceptors (Lipinski definition) is 4. The van der Waals surface area contributed by atoms with Crippen molar-refractivity contribution in [1.29, 1.82) is 0 Å². The molecule has 1 N–H and O–H groups in total. The second-order valence-electron chi connectivity index (χ2n) is 4.73. The van der Waals surface area contributed by atoms with Crippen LogP contribution in [0.1, 0.15) is 20.8 Å². The van der Waals surface area contributed by atoms with Gasteiger partial charge in [-0.05, 0) is 26.8 Å². The molecule has 5 atom stereocenters. The summed E-state index contributed by atoms with van der Waals surface area (Å²) in [4.78, 5) is 0. The van der Waals surface area contributed by atoms with Gasteiger partial charge >= 0.3 is 0 Å². The highest BCUT2D eigenvalue weighted by Crippen LogP contribution is 2.37. The molecule has 2 saturated heterocycles. The lowest BCUT2D eigenvalue weighted by atomic mass is 9.96. The number of hydrogen-bond donors (Lipinski definition) is 1. The summed E-state index contributed by atoms with van der Waals surface area (Å²) in [5.74, 6) is -0.666. The van der Waals surface area contributed by atoms with Crippen LogP contribution in [0.15, 0.2) is 18.4 Å². The monoisotopic (exact) mass is 226 g/mol. The number of fused-ring (bicyclic) bond motifs is 1. The van der Waals surface area contributed by atoms with Crippen LogP contribution < -0.4 is 0 Å². The van der Waals surface area contributed by atoms with E-state index in [1.165, 1.54) is 0 Å². The molecule has 0 aliphatic carbocycles. The molecule has 0 saturated carbocycles. The van der Waals surface area contributed by atoms with Gasteiger partial charge in [-0.2, -0.15) is 0 Å². The van der Waals surface area contributed by atoms with E-state index in [1.54, 1.807) is 6.08 Å². The molecule has 2 aliphatic heterocycles. The third-order valence-corrected chi connectivity index (χ3v) is 2.95. The Morgan fingerprint density at radius 3 is 2.56 bits per heavy atom. The lowest BCUT2D eigenvalue weighted by molar-refractivity contribution is -0.165. The van der Waals surface area contributed by atoms with Crippen LogP contribution >= 0.6 is 0 Å². The Hall–Kier alpha value is -0.640. The van der Waals surface area contributed by atoms with Crippen molar-refractivity contribution in [2.45, 2.75) is 57.1 Å². The molecule has 90 valence electrons. The Balaban J connectivity index is 2.20. The third kappa shape index (κ3) is 1.95. The molecular weight excluding hydrogens is 208 g/mol. The number of aliphatic hydroxyl groups excluding tert-OH is 1. The molecule has 2 heterocycles. The Morgan fingerprint density at radius 2 is 1.94 bits per heavy atom. The van der Waals surface area contributed by atoms with E-state index in [1.807, 2.05) is 20.8 Å². The van der Waals surface area contributed by atoms with Crippen LogP contribution in [-0.4, -0.2) is 41.4 Å². The van der Waals surface area contributed by atoms with Gasteiger partial charge in [-0.25, -0.2) is 0 Å². The second kappa shape index (κ2) is 3.99. The SMILES string of the molecule is C=C=C[C@H]1O[C@H](C)[C@@H]2OC(C)(C)O[C@@H]2[C@H]1O. The Morgan fingerprint density at radius 1 is 1.31 bits per heavy atom. The highest BCUT2D eigenvalue weighted by molar-refractivity contribution is 5.03. The van der Waals surface area contributed by atoms with Crippen LogP contribution in [-0.2, 0) is 14.2 Å². The first kappa shape index (κ1) is 11.8. The molecular formula is C12H18O4. The summed E-state index contributed by atoms with van der Waals surface area (Å²) in [6.45, 7) is 9.07. The lowest BCUT2D eigenvalue weighted by Crippen LogP contribution is -2.54. The summed E-state index contributed by atoms with van der Waals surface area (Å²) < 4.78 is 17.0. The molecule has 0 aromatic heterocycles. The van der Waals surface area contributed by atoms with Gasteiger partial charge in [0.15, 0.2) is 5.79 Å². The maximum absolute atomic E-state index is 10.1. The molecule has 16 heavy (non-hydrogen) atoms. The van der Waals surface area contributed by atoms with Crippen molar-refractivity contribution in [3.63, 3.8) is 0 Å². The minimum Gasteiger partial charge on any atom is -0.387 e. The second-order valence-corrected chi connectivity index (χ2v) is 4.73. The average Bonchev–Trinajstić information content (AvgIpc) is 2.51. The van der Waals surface area contributed by atoms with E-state index in [-0.39, 0.29) is 18.3 Å². The van der Waals surface area contributed by atoms with Gasteiger partial charge in [-0.3, -0.25) is 0 Å². The molecule has 4 nitrogen and oxygen atoms in total. The van der Waals surface area contributed by atoms with Gasteiger partial charge in [0.1, 0.15) is 24.4 Å². The summed E-state index contributed by atoms with van der Waals surface area (Å²) in [6, 6.07) is 0. The maximum Gasteiger partial charge on any atom is 0.164 e. The van der Waals surface area contributed by atoms with E-state index < -0.39 is 18.0 Å². The van der Waals surface area contributed by atoms with Gasteiger partial charge in [0.05, 0.1) is 6.10 Å². The molecule has 0 unspecified atom stereocenters. The number of rotatable bonds is 1. The normalized spacial score (nSPS) is 45.9. The predicted octanol–water partition coefficient (Wildman–Crippen LogP) is 0.996. The molecule has 4 heteroatoms. The number of ether oxygens (including phenoxy) is 3. The van der Waals surface area contributed by atoms with Crippen molar-refractivity contribution in [3.8, 4) is 0 Å². The Bertz CT molecular complexity index is 319. The summed E-state index contributed by atoms with van der Waals surface area (Å²) in [5.41, 5.74) is 2.63. The van der Waals surface area contributed by atoms with E-state index in [9.17, 15) is 5.11 Å². The first-order valence-electron chi connectivity index (χ1n) is 5.50. The molecule has 0 spiro atoms. The van der Waals surface area contributed by atoms with Crippen molar-refractivity contribution in [3.05, 3.63) is 18.4 Å². The first-order chi connectivity index (χ1) is 7.44. The van der Waals surface area contributed by atoms with Gasteiger partial charge in [-0.15, -0.1) is 5.73 Å². The Kier molecular flexibility index (Phi) is 2.95. The van der Waals surface area contributed by atoms with Gasteiger partial charge < -0.3 is 19.3 Å². The maximum atomic E-state index is 10.1. The zero-order valence-corrected chi connectivity index (χ0v) is 9.84. The fraction of sp³-hybridized carbons (Fsp3) is 0.750. The minimum atomic E-state index is -0.739. The highest BCUT2D eigenvalue weighted by Gasteiger charge is 2.52. The van der Waals surface area contributed by atoms with E-state index in [0.29, 0.717) is 0 Å². The highest BCUT2D eigenvalue weighted by atomic mass is 16.8. The minimum absolute atomic E-state index is 0.121. The molecule has 0 bridgehead atoms. The van der Waals surface area contributed by atoms with Crippen LogP contribution in [0.5, 0.6) is 0 Å². The van der Waals surface area contributed by atoms with Gasteiger partial charge in [0.2, 0.25) is 0 Å². The zero-order chi connectivity index (χ0) is 11.9. The molecule has 0 aromatic rings. The fourth-order valence-electron chi connectivity index (χ4n) is 2.29. The quantitative estimate of drug-likeness (QED) is 0.677. The van der Waals surface area contributed by atoms with Gasteiger partial charge in [0, 0.05) is 0 Å². The molecule has 2 aliphatic rings. The fourth-order valence-corrected chi connectivity index (χ4v) is 2.29. The average molecular weight is 226 g/mol. The lowest BCUT2D eigenvalue weighted by Gasteiger charge is -2.37. The van der Waals surface area contributed by atoms with E-state index >= 15 is 0 Å². The van der Waals surface area contributed by atoms with Gasteiger partial charge in [0.25, 0.3) is 0 Å². The topological polar surface area (TPSA) is 47.9 Å². The largest absolute Gasteiger partial charge is 0.387 e. The van der Waals surface area contributed by atoms with Crippen LogP contribution in [0.3, 0.4) is 0 Å². The third-order valence-electron chi connectivity index (χ3n) is 2.95. The van der Waals surface area contributed by atoms with Crippen LogP contribution in [0.2, 0.25) is 0 Å². The summed E-state index contributed by atoms with van der Waals surface area (Å²) in [5, 5.41) is 10.1. The Labute approximate surface area is 95.5 Å².